The Morgan fingerprint density at radius 3 is 2.69 bits per heavy atom. The summed E-state index contributed by atoms with van der Waals surface area (Å²) in [5.74, 6) is 0.957. The third-order valence-electron chi connectivity index (χ3n) is 1.94. The lowest BCUT2D eigenvalue weighted by Gasteiger charge is -2.08. The molecule has 0 aromatic heterocycles. The third kappa shape index (κ3) is 2.65. The van der Waals surface area contributed by atoms with E-state index in [1.807, 2.05) is 19.2 Å². The lowest BCUT2D eigenvalue weighted by Crippen LogP contribution is -1.97. The van der Waals surface area contributed by atoms with Crippen LogP contribution in [-0.4, -0.2) is 13.7 Å². The van der Waals surface area contributed by atoms with Gasteiger partial charge in [-0.05, 0) is 37.1 Å². The van der Waals surface area contributed by atoms with E-state index < -0.39 is 0 Å². The highest BCUT2D eigenvalue weighted by Gasteiger charge is 1.97. The first-order valence-corrected chi connectivity index (χ1v) is 4.69. The van der Waals surface area contributed by atoms with Gasteiger partial charge in [-0.25, -0.2) is 0 Å². The zero-order valence-electron chi connectivity index (χ0n) is 8.55. The number of nitrogens with one attached hydrogen (secondary N) is 1. The third-order valence-corrected chi connectivity index (χ3v) is 1.94. The van der Waals surface area contributed by atoms with Crippen LogP contribution in [0.2, 0.25) is 0 Å². The second kappa shape index (κ2) is 4.75. The summed E-state index contributed by atoms with van der Waals surface area (Å²) >= 11 is 0. The summed E-state index contributed by atoms with van der Waals surface area (Å²) in [5.41, 5.74) is 2.37. The molecule has 0 amide bonds. The quantitative estimate of drug-likeness (QED) is 0.767. The number of ether oxygens (including phenoxy) is 1. The molecule has 0 atom stereocenters. The second-order valence-electron chi connectivity index (χ2n) is 3.08. The number of hydrogen-bond donors (Lipinski definition) is 1. The highest BCUT2D eigenvalue weighted by molar-refractivity contribution is 5.52. The lowest BCUT2D eigenvalue weighted by molar-refractivity contribution is 0.317. The first-order valence-electron chi connectivity index (χ1n) is 4.69. The Balaban J connectivity index is 2.71. The van der Waals surface area contributed by atoms with Crippen LogP contribution in [0.1, 0.15) is 18.9 Å². The topological polar surface area (TPSA) is 21.3 Å². The summed E-state index contributed by atoms with van der Waals surface area (Å²) in [6.07, 6.45) is 1.05. The fourth-order valence-corrected chi connectivity index (χ4v) is 1.23. The molecule has 0 saturated carbocycles. The highest BCUT2D eigenvalue weighted by Crippen LogP contribution is 2.20. The van der Waals surface area contributed by atoms with E-state index in [1.54, 1.807) is 0 Å². The van der Waals surface area contributed by atoms with Gasteiger partial charge in [0.25, 0.3) is 0 Å². The molecule has 0 heterocycles. The van der Waals surface area contributed by atoms with E-state index >= 15 is 0 Å². The number of rotatable bonds is 4. The molecule has 13 heavy (non-hydrogen) atoms. The fraction of sp³-hybridized carbons (Fsp3) is 0.455. The number of aryl methyl sites for hydroxylation is 1. The van der Waals surface area contributed by atoms with Crippen molar-refractivity contribution in [3.63, 3.8) is 0 Å². The Kier molecular flexibility index (Phi) is 3.62. The van der Waals surface area contributed by atoms with E-state index in [4.69, 9.17) is 4.74 Å². The van der Waals surface area contributed by atoms with Crippen molar-refractivity contribution in [3.05, 3.63) is 23.8 Å². The Hall–Kier alpha value is -1.18. The van der Waals surface area contributed by atoms with E-state index in [-0.39, 0.29) is 0 Å². The Morgan fingerprint density at radius 2 is 2.15 bits per heavy atom. The van der Waals surface area contributed by atoms with E-state index in [1.165, 1.54) is 5.56 Å². The van der Waals surface area contributed by atoms with Gasteiger partial charge >= 0.3 is 0 Å². The molecular weight excluding hydrogens is 162 g/mol. The zero-order valence-corrected chi connectivity index (χ0v) is 8.55. The molecule has 2 nitrogen and oxygen atoms in total. The summed E-state index contributed by atoms with van der Waals surface area (Å²) in [6, 6.07) is 6.09. The molecular formula is C11H17NO. The van der Waals surface area contributed by atoms with Crippen molar-refractivity contribution in [2.24, 2.45) is 0 Å². The van der Waals surface area contributed by atoms with Crippen LogP contribution in [0.15, 0.2) is 18.2 Å². The molecule has 1 rings (SSSR count). The maximum atomic E-state index is 5.51. The molecule has 0 aliphatic heterocycles. The molecule has 2 heteroatoms. The fourth-order valence-electron chi connectivity index (χ4n) is 1.23. The van der Waals surface area contributed by atoms with Gasteiger partial charge < -0.3 is 10.1 Å². The van der Waals surface area contributed by atoms with Crippen molar-refractivity contribution in [1.29, 1.82) is 0 Å². The van der Waals surface area contributed by atoms with Crippen LogP contribution >= 0.6 is 0 Å². The average Bonchev–Trinajstić information content (AvgIpc) is 2.15. The van der Waals surface area contributed by atoms with Gasteiger partial charge in [-0.3, -0.25) is 0 Å². The number of anilines is 1. The summed E-state index contributed by atoms with van der Waals surface area (Å²) in [7, 11) is 1.93. The zero-order chi connectivity index (χ0) is 9.68. The first kappa shape index (κ1) is 9.90. The van der Waals surface area contributed by atoms with Crippen molar-refractivity contribution >= 4 is 5.69 Å². The van der Waals surface area contributed by atoms with Crippen LogP contribution in [-0.2, 0) is 0 Å². The summed E-state index contributed by atoms with van der Waals surface area (Å²) in [5, 5.41) is 3.12. The van der Waals surface area contributed by atoms with Crippen molar-refractivity contribution in [2.75, 3.05) is 19.0 Å². The van der Waals surface area contributed by atoms with Crippen molar-refractivity contribution in [2.45, 2.75) is 20.3 Å². The largest absolute Gasteiger partial charge is 0.494 e. The molecule has 0 aliphatic rings. The standard InChI is InChI=1S/C11H17NO/c1-4-7-13-10-5-6-11(12-3)9(2)8-10/h5-6,8,12H,4,7H2,1-3H3. The van der Waals surface area contributed by atoms with Gasteiger partial charge in [0, 0.05) is 12.7 Å². The predicted molar refractivity (Wildman–Crippen MR) is 56.5 cm³/mol. The molecule has 0 bridgehead atoms. The predicted octanol–water partition coefficient (Wildman–Crippen LogP) is 2.83. The average molecular weight is 179 g/mol. The maximum absolute atomic E-state index is 5.51. The molecule has 72 valence electrons. The monoisotopic (exact) mass is 179 g/mol. The Bertz CT molecular complexity index is 271. The Labute approximate surface area is 79.9 Å². The van der Waals surface area contributed by atoms with Crippen molar-refractivity contribution in [1.82, 2.24) is 0 Å². The molecule has 1 aromatic carbocycles. The minimum atomic E-state index is 0.790. The van der Waals surface area contributed by atoms with Crippen molar-refractivity contribution in [3.8, 4) is 5.75 Å². The summed E-state index contributed by atoms with van der Waals surface area (Å²) in [4.78, 5) is 0. The summed E-state index contributed by atoms with van der Waals surface area (Å²) < 4.78 is 5.51. The van der Waals surface area contributed by atoms with Crippen LogP contribution in [0.25, 0.3) is 0 Å². The summed E-state index contributed by atoms with van der Waals surface area (Å²) in [6.45, 7) is 4.97. The molecule has 0 spiro atoms. The van der Waals surface area contributed by atoms with Crippen LogP contribution < -0.4 is 10.1 Å². The van der Waals surface area contributed by atoms with Crippen molar-refractivity contribution < 1.29 is 4.74 Å². The molecule has 0 unspecified atom stereocenters. The SMILES string of the molecule is CCCOc1ccc(NC)c(C)c1. The van der Waals surface area contributed by atoms with Gasteiger partial charge in [0.05, 0.1) is 6.61 Å². The minimum Gasteiger partial charge on any atom is -0.494 e. The minimum absolute atomic E-state index is 0.790. The van der Waals surface area contributed by atoms with E-state index in [9.17, 15) is 0 Å². The van der Waals surface area contributed by atoms with Gasteiger partial charge in [-0.15, -0.1) is 0 Å². The first-order chi connectivity index (χ1) is 6.27. The highest BCUT2D eigenvalue weighted by atomic mass is 16.5. The van der Waals surface area contributed by atoms with E-state index in [2.05, 4.69) is 25.2 Å². The van der Waals surface area contributed by atoms with Crippen LogP contribution in [0.5, 0.6) is 5.75 Å². The number of hydrogen-bond acceptors (Lipinski definition) is 2. The molecule has 0 aliphatic carbocycles. The number of benzene rings is 1. The van der Waals surface area contributed by atoms with Crippen LogP contribution in [0.4, 0.5) is 5.69 Å². The van der Waals surface area contributed by atoms with Gasteiger partial charge in [-0.2, -0.15) is 0 Å². The molecule has 0 radical (unpaired) electrons. The second-order valence-corrected chi connectivity index (χ2v) is 3.08. The van der Waals surface area contributed by atoms with E-state index in [0.717, 1.165) is 24.5 Å². The van der Waals surface area contributed by atoms with Gasteiger partial charge in [0.2, 0.25) is 0 Å². The smallest absolute Gasteiger partial charge is 0.119 e. The van der Waals surface area contributed by atoms with Gasteiger partial charge in [0.1, 0.15) is 5.75 Å². The van der Waals surface area contributed by atoms with Crippen LogP contribution in [0.3, 0.4) is 0 Å². The molecule has 1 aromatic rings. The van der Waals surface area contributed by atoms with Crippen LogP contribution in [0, 0.1) is 6.92 Å². The molecule has 0 saturated heterocycles. The normalized spacial score (nSPS) is 9.77. The van der Waals surface area contributed by atoms with Gasteiger partial charge in [0.15, 0.2) is 0 Å². The Morgan fingerprint density at radius 1 is 1.38 bits per heavy atom. The van der Waals surface area contributed by atoms with E-state index in [0.29, 0.717) is 0 Å². The molecule has 1 N–H and O–H groups in total. The maximum Gasteiger partial charge on any atom is 0.119 e. The van der Waals surface area contributed by atoms with Gasteiger partial charge in [-0.1, -0.05) is 6.92 Å². The molecule has 0 fully saturated rings. The lowest BCUT2D eigenvalue weighted by atomic mass is 10.2.